The van der Waals surface area contributed by atoms with Crippen molar-refractivity contribution in [2.24, 2.45) is 34.8 Å². The van der Waals surface area contributed by atoms with E-state index in [1.54, 1.807) is 19.9 Å². The normalized spacial score (nSPS) is 16.7. The Hall–Kier alpha value is -3.20. The maximum Gasteiger partial charge on any atom is 0.407 e. The second-order valence-corrected chi connectivity index (χ2v) is 24.2. The molecule has 0 radical (unpaired) electrons. The number of hydrogen-bond acceptors (Lipinski definition) is 9. The van der Waals surface area contributed by atoms with Crippen molar-refractivity contribution >= 4 is 32.1 Å². The van der Waals surface area contributed by atoms with Gasteiger partial charge in [0.05, 0.1) is 36.3 Å². The SMILES string of the molecule is CC(C)C(CNC(=O)c1ccccc1OCCN1CCOCC1)CC(NC(=O)OC(C)(C)C)C(CC(C(=O)NCC(C)(C)C(N)=O)C(C)C)O[Si](C)(C)C(C)(C)C. The summed E-state index contributed by atoms with van der Waals surface area (Å²) in [6, 6.07) is 6.68. The van der Waals surface area contributed by atoms with Gasteiger partial charge in [0.25, 0.3) is 5.91 Å². The molecule has 0 spiro atoms. The smallest absolute Gasteiger partial charge is 0.407 e. The van der Waals surface area contributed by atoms with E-state index in [-0.39, 0.29) is 41.2 Å². The van der Waals surface area contributed by atoms with Crippen molar-refractivity contribution in [1.29, 1.82) is 0 Å². The monoisotopic (exact) mass is 820 g/mol. The summed E-state index contributed by atoms with van der Waals surface area (Å²) in [6.07, 6.45) is -0.423. The topological polar surface area (TPSA) is 171 Å². The van der Waals surface area contributed by atoms with E-state index in [1.165, 1.54) is 0 Å². The molecule has 1 aliphatic heterocycles. The minimum absolute atomic E-state index is 0.0919. The standard InChI is InChI=1S/C43H77N5O8Si/c1-29(2)31(27-45-37(49)32-17-15-16-18-35(32)54-24-21-48-19-22-53-23-20-48)25-34(47-40(52)55-41(5,6)7)36(56-57(13,14)42(8,9)10)26-33(30(3)4)38(50)46-28-43(11,12)39(44)51/h15-18,29-31,33-34,36H,19-28H2,1-14H3,(H2,44,51)(H,45,49)(H,46,50)(H,47,52). The molecule has 2 rings (SSSR count). The highest BCUT2D eigenvalue weighted by atomic mass is 28.4. The molecular weight excluding hydrogens is 743 g/mol. The average molecular weight is 820 g/mol. The van der Waals surface area contributed by atoms with Crippen LogP contribution in [0.4, 0.5) is 4.79 Å². The highest BCUT2D eigenvalue weighted by Gasteiger charge is 2.43. The number of primary amides is 1. The van der Waals surface area contributed by atoms with E-state index in [0.29, 0.717) is 50.5 Å². The van der Waals surface area contributed by atoms with Crippen LogP contribution >= 0.6 is 0 Å². The highest BCUT2D eigenvalue weighted by molar-refractivity contribution is 6.74. The second-order valence-electron chi connectivity index (χ2n) is 19.5. The molecule has 4 unspecified atom stereocenters. The van der Waals surface area contributed by atoms with Gasteiger partial charge < -0.3 is 40.3 Å². The number of amides is 4. The van der Waals surface area contributed by atoms with E-state index in [2.05, 4.69) is 68.6 Å². The molecule has 1 heterocycles. The predicted molar refractivity (Wildman–Crippen MR) is 229 cm³/mol. The van der Waals surface area contributed by atoms with Crippen LogP contribution in [0.3, 0.4) is 0 Å². The van der Waals surface area contributed by atoms with Crippen molar-refractivity contribution in [3.63, 3.8) is 0 Å². The molecule has 1 aliphatic rings. The molecule has 5 N–H and O–H groups in total. The number of para-hydroxylation sites is 1. The lowest BCUT2D eigenvalue weighted by Gasteiger charge is -2.43. The molecule has 4 atom stereocenters. The van der Waals surface area contributed by atoms with E-state index in [9.17, 15) is 19.2 Å². The molecule has 0 bridgehead atoms. The summed E-state index contributed by atoms with van der Waals surface area (Å²) >= 11 is 0. The molecule has 0 aromatic heterocycles. The number of nitrogens with two attached hydrogens (primary N) is 1. The Morgan fingerprint density at radius 1 is 0.895 bits per heavy atom. The molecule has 0 saturated carbocycles. The van der Waals surface area contributed by atoms with Gasteiger partial charge >= 0.3 is 6.09 Å². The first-order valence-electron chi connectivity index (χ1n) is 20.8. The summed E-state index contributed by atoms with van der Waals surface area (Å²) in [5, 5.41) is 9.13. The van der Waals surface area contributed by atoms with Gasteiger partial charge in [-0.15, -0.1) is 0 Å². The van der Waals surface area contributed by atoms with Gasteiger partial charge in [-0.2, -0.15) is 0 Å². The third-order valence-electron chi connectivity index (χ3n) is 11.3. The molecular formula is C43H77N5O8Si. The number of carbonyl (C=O) groups excluding carboxylic acids is 4. The van der Waals surface area contributed by atoms with Crippen LogP contribution in [0.1, 0.15) is 106 Å². The lowest BCUT2D eigenvalue weighted by molar-refractivity contribution is -0.130. The summed E-state index contributed by atoms with van der Waals surface area (Å²) in [5.41, 5.74) is 4.39. The molecule has 326 valence electrons. The van der Waals surface area contributed by atoms with Gasteiger partial charge in [-0.1, -0.05) is 60.6 Å². The largest absolute Gasteiger partial charge is 0.491 e. The number of ether oxygens (including phenoxy) is 3. The minimum Gasteiger partial charge on any atom is -0.491 e. The number of nitrogens with one attached hydrogen (secondary N) is 3. The minimum atomic E-state index is -2.49. The number of rotatable bonds is 21. The van der Waals surface area contributed by atoms with E-state index in [1.807, 2.05) is 52.8 Å². The van der Waals surface area contributed by atoms with Crippen LogP contribution in [0, 0.1) is 29.1 Å². The van der Waals surface area contributed by atoms with Gasteiger partial charge in [0.1, 0.15) is 18.0 Å². The van der Waals surface area contributed by atoms with Crippen LogP contribution in [0.15, 0.2) is 24.3 Å². The summed E-state index contributed by atoms with van der Waals surface area (Å²) in [7, 11) is -2.49. The molecule has 57 heavy (non-hydrogen) atoms. The number of benzene rings is 1. The number of hydrogen-bond donors (Lipinski definition) is 4. The Labute approximate surface area is 344 Å². The van der Waals surface area contributed by atoms with Crippen molar-refractivity contribution in [2.75, 3.05) is 52.5 Å². The number of carbonyl (C=O) groups is 4. The summed E-state index contributed by atoms with van der Waals surface area (Å²) in [6.45, 7) is 32.5. The summed E-state index contributed by atoms with van der Waals surface area (Å²) in [5.74, 6) is -1.04. The maximum absolute atomic E-state index is 13.9. The zero-order valence-corrected chi connectivity index (χ0v) is 38.6. The Kier molecular flexibility index (Phi) is 19.0. The number of nitrogens with zero attached hydrogens (tertiary/aromatic N) is 1. The average Bonchev–Trinajstić information content (AvgIpc) is 3.09. The van der Waals surface area contributed by atoms with Gasteiger partial charge in [-0.3, -0.25) is 19.3 Å². The van der Waals surface area contributed by atoms with Gasteiger partial charge in [0.15, 0.2) is 8.32 Å². The van der Waals surface area contributed by atoms with Crippen molar-refractivity contribution in [2.45, 2.75) is 132 Å². The van der Waals surface area contributed by atoms with Crippen molar-refractivity contribution in [3.05, 3.63) is 29.8 Å². The van der Waals surface area contributed by atoms with E-state index < -0.39 is 49.4 Å². The fourth-order valence-corrected chi connectivity index (χ4v) is 7.57. The molecule has 1 aromatic carbocycles. The third kappa shape index (κ3) is 16.9. The van der Waals surface area contributed by atoms with Gasteiger partial charge in [-0.25, -0.2) is 4.79 Å². The quantitative estimate of drug-likeness (QED) is 0.103. The first kappa shape index (κ1) is 49.9. The van der Waals surface area contributed by atoms with E-state index in [0.717, 1.165) is 19.6 Å². The van der Waals surface area contributed by atoms with E-state index in [4.69, 9.17) is 24.4 Å². The molecule has 1 aromatic rings. The molecule has 4 amide bonds. The predicted octanol–water partition coefficient (Wildman–Crippen LogP) is 6.36. The molecule has 14 heteroatoms. The first-order chi connectivity index (χ1) is 26.2. The maximum atomic E-state index is 13.9. The van der Waals surface area contributed by atoms with Crippen LogP contribution in [0.2, 0.25) is 18.1 Å². The Bertz CT molecular complexity index is 1450. The summed E-state index contributed by atoms with van der Waals surface area (Å²) < 4.78 is 24.5. The Balaban J connectivity index is 2.45. The van der Waals surface area contributed by atoms with Crippen LogP contribution in [-0.2, 0) is 23.5 Å². The van der Waals surface area contributed by atoms with Gasteiger partial charge in [0, 0.05) is 38.6 Å². The van der Waals surface area contributed by atoms with Crippen LogP contribution < -0.4 is 26.4 Å². The zero-order valence-electron chi connectivity index (χ0n) is 37.6. The third-order valence-corrected chi connectivity index (χ3v) is 15.8. The second kappa shape index (κ2) is 21.7. The van der Waals surface area contributed by atoms with Crippen molar-refractivity contribution in [3.8, 4) is 5.75 Å². The van der Waals surface area contributed by atoms with Gasteiger partial charge in [0.2, 0.25) is 11.8 Å². The number of morpholine rings is 1. The lowest BCUT2D eigenvalue weighted by atomic mass is 9.82. The fourth-order valence-electron chi connectivity index (χ4n) is 6.20. The van der Waals surface area contributed by atoms with Gasteiger partial charge in [-0.05, 0) is 95.5 Å². The Morgan fingerprint density at radius 2 is 1.51 bits per heavy atom. The van der Waals surface area contributed by atoms with Crippen molar-refractivity contribution < 1.29 is 37.8 Å². The number of alkyl carbamates (subject to hydrolysis) is 1. The Morgan fingerprint density at radius 3 is 2.05 bits per heavy atom. The van der Waals surface area contributed by atoms with E-state index >= 15 is 0 Å². The lowest BCUT2D eigenvalue weighted by Crippen LogP contribution is -2.55. The van der Waals surface area contributed by atoms with Crippen molar-refractivity contribution in [1.82, 2.24) is 20.9 Å². The highest BCUT2D eigenvalue weighted by Crippen LogP contribution is 2.39. The van der Waals surface area contributed by atoms with Crippen LogP contribution in [0.25, 0.3) is 0 Å². The zero-order chi connectivity index (χ0) is 43.4. The summed E-state index contributed by atoms with van der Waals surface area (Å²) in [4.78, 5) is 55.6. The first-order valence-corrected chi connectivity index (χ1v) is 23.7. The molecule has 13 nitrogen and oxygen atoms in total. The fraction of sp³-hybridized carbons (Fsp3) is 0.767. The molecule has 0 aliphatic carbocycles. The molecule has 1 saturated heterocycles. The van der Waals surface area contributed by atoms with Crippen LogP contribution in [0.5, 0.6) is 5.75 Å². The van der Waals surface area contributed by atoms with Crippen LogP contribution in [-0.4, -0.2) is 107 Å². The molecule has 1 fully saturated rings.